The number of imide groups is 1. The van der Waals surface area contributed by atoms with E-state index in [4.69, 9.17) is 43.7 Å². The Morgan fingerprint density at radius 1 is 0.874 bits per heavy atom. The maximum Gasteiger partial charge on any atom is 0.501 e. The summed E-state index contributed by atoms with van der Waals surface area (Å²) in [6, 6.07) is 13.8. The van der Waals surface area contributed by atoms with Crippen molar-refractivity contribution < 1.29 is 90.0 Å². The molecule has 6 aromatic rings. The molecule has 0 aliphatic carbocycles. The number of H-pyrrole nitrogens is 1. The van der Waals surface area contributed by atoms with E-state index in [-0.39, 0.29) is 101 Å². The fraction of sp³-hybridized carbons (Fsp3) is 0.441. The predicted molar refractivity (Wildman–Crippen MR) is 312 cm³/mol. The van der Waals surface area contributed by atoms with Gasteiger partial charge in [0.05, 0.1) is 63.6 Å². The Morgan fingerprint density at radius 3 is 2.30 bits per heavy atom. The number of ketones is 1. The lowest BCUT2D eigenvalue weighted by Crippen LogP contribution is -2.60. The zero-order chi connectivity index (χ0) is 62.9. The van der Waals surface area contributed by atoms with Crippen molar-refractivity contribution in [3.05, 3.63) is 107 Å². The summed E-state index contributed by atoms with van der Waals surface area (Å²) in [5.74, 6) is -4.09. The van der Waals surface area contributed by atoms with Crippen molar-refractivity contribution in [3.63, 3.8) is 0 Å². The van der Waals surface area contributed by atoms with Gasteiger partial charge in [0.25, 0.3) is 23.6 Å². The van der Waals surface area contributed by atoms with Gasteiger partial charge in [-0.05, 0) is 71.8 Å². The van der Waals surface area contributed by atoms with E-state index in [0.717, 1.165) is 17.8 Å². The topological polar surface area (TPSA) is 341 Å². The third-order valence-corrected chi connectivity index (χ3v) is 16.1. The number of methoxy groups -OCH3 is 1. The SMILES string of the molecule is COc1ccc2c(OS(=O)(=O)Oc3cc(C(=O)N(C)CCOCCn4cc(CC(C)(C)COCC(C)(C)CN5C(=O)C=CC5=O)nn4)ccc3O[C@@H]3O[C@H](CO)[C@H](O)[C@H](O)[C@H]3O)cc3c(c2c1)[C@H](CCl)CN3C(=O)c1cc2cc(C(C)=O)c(O)cc2[nH]1. The van der Waals surface area contributed by atoms with Crippen LogP contribution in [0.1, 0.15) is 83.0 Å². The van der Waals surface area contributed by atoms with E-state index in [1.54, 1.807) is 29.1 Å². The zero-order valence-corrected chi connectivity index (χ0v) is 50.2. The molecule has 4 aromatic carbocycles. The van der Waals surface area contributed by atoms with Crippen molar-refractivity contribution in [2.75, 3.05) is 77.6 Å². The fourth-order valence-corrected chi connectivity index (χ4v) is 11.5. The van der Waals surface area contributed by atoms with E-state index in [9.17, 15) is 57.9 Å². The zero-order valence-electron chi connectivity index (χ0n) is 48.7. The van der Waals surface area contributed by atoms with Crippen molar-refractivity contribution >= 4 is 78.8 Å². The number of carbonyl (C=O) groups excluding carboxylic acids is 5. The second-order valence-corrected chi connectivity index (χ2v) is 24.6. The molecule has 0 saturated carbocycles. The highest BCUT2D eigenvalue weighted by Gasteiger charge is 2.45. The van der Waals surface area contributed by atoms with Crippen LogP contribution in [0.15, 0.2) is 79.0 Å². The number of benzene rings is 4. The van der Waals surface area contributed by atoms with Gasteiger partial charge in [-0.15, -0.1) is 25.1 Å². The highest BCUT2D eigenvalue weighted by Crippen LogP contribution is 2.48. The Morgan fingerprint density at radius 2 is 1.60 bits per heavy atom. The van der Waals surface area contributed by atoms with Crippen LogP contribution in [0.2, 0.25) is 0 Å². The van der Waals surface area contributed by atoms with Crippen molar-refractivity contribution in [1.29, 1.82) is 0 Å². The number of anilines is 1. The van der Waals surface area contributed by atoms with Gasteiger partial charge in [0.2, 0.25) is 6.29 Å². The minimum absolute atomic E-state index is 0.0304. The van der Waals surface area contributed by atoms with Gasteiger partial charge in [0.1, 0.15) is 41.6 Å². The van der Waals surface area contributed by atoms with Crippen LogP contribution >= 0.6 is 11.6 Å². The van der Waals surface area contributed by atoms with Gasteiger partial charge in [0, 0.05) is 103 Å². The first-order valence-electron chi connectivity index (χ1n) is 27.7. The summed E-state index contributed by atoms with van der Waals surface area (Å²) in [4.78, 5) is 71.8. The molecule has 3 aliphatic rings. The van der Waals surface area contributed by atoms with Gasteiger partial charge in [0.15, 0.2) is 23.0 Å². The smallest absolute Gasteiger partial charge is 0.501 e. The number of aromatic amines is 1. The molecule has 9 rings (SSSR count). The second-order valence-electron chi connectivity index (χ2n) is 23.1. The number of carbonyl (C=O) groups is 5. The minimum atomic E-state index is -5.31. The largest absolute Gasteiger partial charge is 0.507 e. The number of hydrogen-bond donors (Lipinski definition) is 6. The van der Waals surface area contributed by atoms with Crippen LogP contribution in [0.4, 0.5) is 5.69 Å². The standard InChI is InChI=1S/C59H68ClN7O19S/c1-32(69)39-18-34-19-42(61-41(34)22-44(39)70)56(77)66-26-35(25-60)51-40-21-37(80-7)9-10-38(40)46(23-43(51)66)85-87(78,79)86-47-20-33(8-11-45(47)83-57-54(75)53(74)52(73)48(28-68)84-57)55(76)64(6)14-16-81-17-15-65-27-36(62-63-65)24-58(2,3)30-82-31-59(4,5)29-67-49(71)12-13-50(67)72/h8-13,18-23,27,35,48,52-54,57,61,68,70,73-75H,14-17,24-26,28-31H2,1-7H3/t35-,48-,52+,53+,54-,57-/m1/s1. The van der Waals surface area contributed by atoms with Crippen molar-refractivity contribution in [3.8, 4) is 28.7 Å². The normalized spacial score (nSPS) is 19.7. The molecule has 28 heteroatoms. The number of phenolic OH excluding ortho intramolecular Hbond substituents is 1. The lowest BCUT2D eigenvalue weighted by molar-refractivity contribution is -0.277. The minimum Gasteiger partial charge on any atom is -0.507 e. The number of ether oxygens (including phenoxy) is 5. The van der Waals surface area contributed by atoms with Gasteiger partial charge >= 0.3 is 10.4 Å². The Bertz CT molecular complexity index is 3740. The average Bonchev–Trinajstić information content (AvgIpc) is 1.68. The molecule has 26 nitrogen and oxygen atoms in total. The first-order valence-corrected chi connectivity index (χ1v) is 29.5. The van der Waals surface area contributed by atoms with Crippen molar-refractivity contribution in [1.82, 2.24) is 29.8 Å². The van der Waals surface area contributed by atoms with Crippen molar-refractivity contribution in [2.24, 2.45) is 10.8 Å². The number of nitrogens with one attached hydrogen (secondary N) is 1. The van der Waals surface area contributed by atoms with Crippen molar-refractivity contribution in [2.45, 2.75) is 84.2 Å². The molecule has 1 saturated heterocycles. The van der Waals surface area contributed by atoms with Crippen LogP contribution in [0.3, 0.4) is 0 Å². The third kappa shape index (κ3) is 14.3. The number of aromatic hydroxyl groups is 1. The Hall–Kier alpha value is -7.73. The van der Waals surface area contributed by atoms with Gasteiger partial charge in [-0.25, -0.2) is 4.68 Å². The van der Waals surface area contributed by atoms with E-state index in [1.807, 2.05) is 27.7 Å². The molecule has 0 spiro atoms. The molecule has 5 heterocycles. The number of phenols is 1. The van der Waals surface area contributed by atoms with Gasteiger partial charge in [-0.2, -0.15) is 0 Å². The summed E-state index contributed by atoms with van der Waals surface area (Å²) in [6.45, 7) is 9.98. The average molecular weight is 1250 g/mol. The number of alkyl halides is 1. The van der Waals surface area contributed by atoms with Crippen LogP contribution in [0.5, 0.6) is 28.7 Å². The monoisotopic (exact) mass is 1250 g/mol. The summed E-state index contributed by atoms with van der Waals surface area (Å²) in [5.41, 5.74) is 1.05. The molecular formula is C59H68ClN7O19S. The third-order valence-electron chi connectivity index (χ3n) is 15.0. The number of aliphatic hydroxyl groups is 4. The highest BCUT2D eigenvalue weighted by molar-refractivity contribution is 7.82. The van der Waals surface area contributed by atoms with Gasteiger partial charge in [-0.1, -0.05) is 32.9 Å². The second kappa shape index (κ2) is 25.9. The summed E-state index contributed by atoms with van der Waals surface area (Å²) in [6.07, 6.45) is -3.98. The summed E-state index contributed by atoms with van der Waals surface area (Å²) in [5, 5.41) is 61.9. The summed E-state index contributed by atoms with van der Waals surface area (Å²) < 4.78 is 70.7. The fourth-order valence-electron chi connectivity index (χ4n) is 10.5. The van der Waals surface area contributed by atoms with Crippen LogP contribution in [0.25, 0.3) is 21.7 Å². The molecule has 87 heavy (non-hydrogen) atoms. The highest BCUT2D eigenvalue weighted by atomic mass is 35.5. The maximum absolute atomic E-state index is 14.5. The molecule has 4 amide bonds. The van der Waals surface area contributed by atoms with Crippen LogP contribution in [-0.2, 0) is 47.2 Å². The van der Waals surface area contributed by atoms with Crippen LogP contribution in [-0.4, -0.2) is 197 Å². The lowest BCUT2D eigenvalue weighted by Gasteiger charge is -2.39. The molecular weight excluding hydrogens is 1180 g/mol. The Balaban J connectivity index is 0.892. The first-order chi connectivity index (χ1) is 41.2. The van der Waals surface area contributed by atoms with E-state index in [0.29, 0.717) is 53.8 Å². The molecule has 6 atom stereocenters. The van der Waals surface area contributed by atoms with E-state index >= 15 is 0 Å². The number of Topliss-reactive ketones (excluding diaryl/α,β-unsaturated/α-hetero) is 1. The predicted octanol–water partition coefficient (Wildman–Crippen LogP) is 4.02. The van der Waals surface area contributed by atoms with E-state index in [1.165, 1.54) is 78.3 Å². The summed E-state index contributed by atoms with van der Waals surface area (Å²) >= 11 is 6.57. The number of halogens is 1. The molecule has 3 aliphatic heterocycles. The molecule has 6 N–H and O–H groups in total. The number of hydrogen-bond acceptors (Lipinski definition) is 21. The molecule has 2 aromatic heterocycles. The quantitative estimate of drug-likeness (QED) is 0.0193. The molecule has 466 valence electrons. The summed E-state index contributed by atoms with van der Waals surface area (Å²) in [7, 11) is -2.39. The Kier molecular flexibility index (Phi) is 19.0. The van der Waals surface area contributed by atoms with Crippen LogP contribution in [0, 0.1) is 10.8 Å². The number of rotatable bonds is 26. The molecule has 0 bridgehead atoms. The number of nitrogens with zero attached hydrogens (tertiary/aromatic N) is 6. The van der Waals surface area contributed by atoms with E-state index in [2.05, 4.69) is 15.3 Å². The number of aliphatic hydroxyl groups excluding tert-OH is 4. The van der Waals surface area contributed by atoms with Gasteiger partial charge < -0.3 is 72.4 Å². The number of amides is 4. The van der Waals surface area contributed by atoms with Gasteiger partial charge in [-0.3, -0.25) is 28.9 Å². The first kappa shape index (κ1) is 63.8. The molecule has 0 unspecified atom stereocenters. The number of likely N-dealkylation sites (N-methyl/N-ethyl adjacent to an activating group) is 1. The molecule has 1 fully saturated rings. The van der Waals surface area contributed by atoms with Crippen LogP contribution < -0.4 is 22.7 Å². The molecule has 0 radical (unpaired) electrons. The number of aromatic nitrogens is 4. The Labute approximate surface area is 505 Å². The van der Waals surface area contributed by atoms with E-state index < -0.39 is 82.4 Å². The lowest BCUT2D eigenvalue weighted by atomic mass is 9.88. The number of fused-ring (bicyclic) bond motifs is 4. The maximum atomic E-state index is 14.5.